The van der Waals surface area contributed by atoms with Crippen molar-refractivity contribution in [1.29, 1.82) is 0 Å². The van der Waals surface area contributed by atoms with Crippen LogP contribution in [0.4, 0.5) is 0 Å². The maximum atomic E-state index is 13.1. The molecule has 150 valence electrons. The summed E-state index contributed by atoms with van der Waals surface area (Å²) in [4.78, 5) is -0.0572. The van der Waals surface area contributed by atoms with Crippen LogP contribution in [0.1, 0.15) is 30.8 Å². The Bertz CT molecular complexity index is 1050. The summed E-state index contributed by atoms with van der Waals surface area (Å²) in [5, 5.41) is 4.04. The molecule has 0 aliphatic carbocycles. The molecular weight excluding hydrogens is 390 g/mol. The highest BCUT2D eigenvalue weighted by molar-refractivity contribution is 7.90. The van der Waals surface area contributed by atoms with E-state index >= 15 is 0 Å². The Kier molecular flexibility index (Phi) is 6.03. The van der Waals surface area contributed by atoms with Gasteiger partial charge in [-0.25, -0.2) is 8.42 Å². The Morgan fingerprint density at radius 1 is 1.07 bits per heavy atom. The monoisotopic (exact) mass is 415 g/mol. The van der Waals surface area contributed by atoms with Crippen LogP contribution in [-0.4, -0.2) is 50.5 Å². The molecule has 0 N–H and O–H groups in total. The summed E-state index contributed by atoms with van der Waals surface area (Å²) in [6.07, 6.45) is 0. The van der Waals surface area contributed by atoms with E-state index in [2.05, 4.69) is 5.10 Å². The first-order valence-corrected chi connectivity index (χ1v) is 11.4. The molecule has 0 unspecified atom stereocenters. The molecule has 0 radical (unpaired) electrons. The molecule has 0 spiro atoms. The summed E-state index contributed by atoms with van der Waals surface area (Å²) in [5.41, 5.74) is 0.858. The van der Waals surface area contributed by atoms with Crippen LogP contribution >= 0.6 is 0 Å². The molecule has 0 aliphatic rings. The Balaban J connectivity index is 2.66. The van der Waals surface area contributed by atoms with Gasteiger partial charge in [0.05, 0.1) is 23.4 Å². The number of rotatable bonds is 7. The van der Waals surface area contributed by atoms with Crippen molar-refractivity contribution in [2.45, 2.75) is 44.4 Å². The van der Waals surface area contributed by atoms with Crippen molar-refractivity contribution in [3.05, 3.63) is 35.2 Å². The van der Waals surface area contributed by atoms with E-state index < -0.39 is 20.0 Å². The van der Waals surface area contributed by atoms with Crippen molar-refractivity contribution in [2.24, 2.45) is 0 Å². The van der Waals surface area contributed by atoms with Crippen LogP contribution in [0, 0.1) is 20.8 Å². The maximum absolute atomic E-state index is 13.1. The van der Waals surface area contributed by atoms with Gasteiger partial charge in [-0.15, -0.1) is 0 Å². The molecule has 1 aromatic carbocycles. The average molecular weight is 416 g/mol. The van der Waals surface area contributed by atoms with Gasteiger partial charge in [0, 0.05) is 13.1 Å². The number of methoxy groups -OCH3 is 1. The molecule has 2 rings (SSSR count). The van der Waals surface area contributed by atoms with Crippen LogP contribution in [0.5, 0.6) is 5.75 Å². The first kappa shape index (κ1) is 21.4. The van der Waals surface area contributed by atoms with Gasteiger partial charge in [-0.2, -0.15) is 21.9 Å². The predicted molar refractivity (Wildman–Crippen MR) is 102 cm³/mol. The fourth-order valence-electron chi connectivity index (χ4n) is 3.02. The Morgan fingerprint density at radius 2 is 1.67 bits per heavy atom. The van der Waals surface area contributed by atoms with Crippen molar-refractivity contribution in [3.8, 4) is 5.75 Å². The van der Waals surface area contributed by atoms with Crippen molar-refractivity contribution in [3.63, 3.8) is 0 Å². The van der Waals surface area contributed by atoms with Crippen LogP contribution in [0.3, 0.4) is 0 Å². The lowest BCUT2D eigenvalue weighted by molar-refractivity contribution is 0.411. The number of ether oxygens (including phenoxy) is 1. The number of hydrogen-bond donors (Lipinski definition) is 0. The zero-order chi connectivity index (χ0) is 20.6. The summed E-state index contributed by atoms with van der Waals surface area (Å²) in [5.74, 6) is 0.562. The van der Waals surface area contributed by atoms with Gasteiger partial charge in [-0.05, 0) is 44.5 Å². The van der Waals surface area contributed by atoms with Gasteiger partial charge >= 0.3 is 0 Å². The first-order valence-electron chi connectivity index (χ1n) is 8.48. The summed E-state index contributed by atoms with van der Waals surface area (Å²) in [6.45, 7) is 8.70. The minimum atomic E-state index is -4.05. The second-order valence-electron chi connectivity index (χ2n) is 6.07. The van der Waals surface area contributed by atoms with Crippen molar-refractivity contribution < 1.29 is 21.6 Å². The quantitative estimate of drug-likeness (QED) is 0.687. The topological polar surface area (TPSA) is 98.6 Å². The van der Waals surface area contributed by atoms with Crippen LogP contribution in [-0.2, 0) is 20.0 Å². The zero-order valence-electron chi connectivity index (χ0n) is 16.3. The fourth-order valence-corrected chi connectivity index (χ4v) is 6.33. The molecule has 8 nitrogen and oxygen atoms in total. The molecule has 0 bridgehead atoms. The third kappa shape index (κ3) is 3.61. The van der Waals surface area contributed by atoms with E-state index in [0.717, 1.165) is 4.09 Å². The third-order valence-electron chi connectivity index (χ3n) is 4.38. The van der Waals surface area contributed by atoms with E-state index in [1.54, 1.807) is 26.8 Å². The van der Waals surface area contributed by atoms with E-state index in [9.17, 15) is 16.8 Å². The summed E-state index contributed by atoms with van der Waals surface area (Å²) >= 11 is 0. The number of nitrogens with zero attached hydrogens (tertiary/aromatic N) is 3. The maximum Gasteiger partial charge on any atom is 0.283 e. The van der Waals surface area contributed by atoms with Gasteiger partial charge in [0.25, 0.3) is 10.0 Å². The van der Waals surface area contributed by atoms with Gasteiger partial charge < -0.3 is 4.74 Å². The summed E-state index contributed by atoms with van der Waals surface area (Å²) in [6, 6.07) is 4.45. The zero-order valence-corrected chi connectivity index (χ0v) is 18.0. The highest BCUT2D eigenvalue weighted by atomic mass is 32.2. The van der Waals surface area contributed by atoms with E-state index in [4.69, 9.17) is 4.74 Å². The van der Waals surface area contributed by atoms with E-state index in [1.165, 1.54) is 37.4 Å². The molecule has 0 aliphatic heterocycles. The Labute approximate surface area is 160 Å². The summed E-state index contributed by atoms with van der Waals surface area (Å²) < 4.78 is 59.2. The molecule has 0 atom stereocenters. The van der Waals surface area contributed by atoms with Gasteiger partial charge in [0.15, 0.2) is 0 Å². The highest BCUT2D eigenvalue weighted by Gasteiger charge is 2.32. The van der Waals surface area contributed by atoms with Gasteiger partial charge in [0.1, 0.15) is 10.6 Å². The summed E-state index contributed by atoms with van der Waals surface area (Å²) in [7, 11) is -6.39. The molecule has 1 aromatic heterocycles. The smallest absolute Gasteiger partial charge is 0.283 e. The number of aromatic nitrogens is 2. The lowest BCUT2D eigenvalue weighted by atomic mass is 10.2. The largest absolute Gasteiger partial charge is 0.496 e. The number of hydrogen-bond acceptors (Lipinski definition) is 6. The van der Waals surface area contributed by atoms with Crippen LogP contribution in [0.2, 0.25) is 0 Å². The standard InChI is InChI=1S/C17H25N3O5S2/c1-7-19(8-2)27(23,24)17-13(4)18-20(14(17)5)26(21,22)15-9-10-16(25-6)12(3)11-15/h9-11H,7-8H2,1-6H3. The molecule has 27 heavy (non-hydrogen) atoms. The SMILES string of the molecule is CCN(CC)S(=O)(=O)c1c(C)nn(S(=O)(=O)c2ccc(OC)c(C)c2)c1C. The predicted octanol–water partition coefficient (Wildman–Crippen LogP) is 2.08. The lowest BCUT2D eigenvalue weighted by Crippen LogP contribution is -2.31. The normalized spacial score (nSPS) is 12.6. The first-order chi connectivity index (χ1) is 12.5. The molecule has 0 saturated carbocycles. The molecule has 10 heteroatoms. The van der Waals surface area contributed by atoms with Crippen LogP contribution in [0.25, 0.3) is 0 Å². The van der Waals surface area contributed by atoms with Crippen LogP contribution < -0.4 is 4.74 Å². The molecular formula is C17H25N3O5S2. The van der Waals surface area contributed by atoms with E-state index in [0.29, 0.717) is 11.3 Å². The number of sulfonamides is 1. The second kappa shape index (κ2) is 7.61. The molecule has 0 saturated heterocycles. The fraction of sp³-hybridized carbons (Fsp3) is 0.471. The molecule has 2 aromatic rings. The van der Waals surface area contributed by atoms with Crippen LogP contribution in [0.15, 0.2) is 28.0 Å². The highest BCUT2D eigenvalue weighted by Crippen LogP contribution is 2.28. The molecule has 0 amide bonds. The van der Waals surface area contributed by atoms with E-state index in [1.807, 2.05) is 0 Å². The number of benzene rings is 1. The average Bonchev–Trinajstić information content (AvgIpc) is 2.91. The lowest BCUT2D eigenvalue weighted by Gasteiger charge is -2.18. The Hall–Kier alpha value is -1.91. The third-order valence-corrected chi connectivity index (χ3v) is 8.34. The molecule has 0 fully saturated rings. The van der Waals surface area contributed by atoms with Crippen molar-refractivity contribution >= 4 is 20.0 Å². The molecule has 1 heterocycles. The second-order valence-corrected chi connectivity index (χ2v) is 9.71. The Morgan fingerprint density at radius 3 is 2.15 bits per heavy atom. The van der Waals surface area contributed by atoms with Gasteiger partial charge in [-0.3, -0.25) is 0 Å². The minimum Gasteiger partial charge on any atom is -0.496 e. The van der Waals surface area contributed by atoms with E-state index in [-0.39, 0.29) is 34.3 Å². The van der Waals surface area contributed by atoms with Gasteiger partial charge in [-0.1, -0.05) is 13.8 Å². The minimum absolute atomic E-state index is 0.0122. The van der Waals surface area contributed by atoms with Gasteiger partial charge in [0.2, 0.25) is 10.0 Å². The van der Waals surface area contributed by atoms with Crippen molar-refractivity contribution in [1.82, 2.24) is 13.5 Å². The van der Waals surface area contributed by atoms with Crippen molar-refractivity contribution in [2.75, 3.05) is 20.2 Å². The number of aryl methyl sites for hydroxylation is 2.